The molecule has 172 valence electrons. The average Bonchev–Trinajstić information content (AvgIpc) is 3.30. The minimum atomic E-state index is -0.257. The number of halogens is 3. The van der Waals surface area contributed by atoms with E-state index in [1.807, 2.05) is 41.3 Å². The van der Waals surface area contributed by atoms with E-state index < -0.39 is 0 Å². The monoisotopic (exact) mass is 494 g/mol. The highest BCUT2D eigenvalue weighted by Gasteiger charge is 2.27. The number of anilines is 1. The Morgan fingerprint density at radius 3 is 2.24 bits per heavy atom. The van der Waals surface area contributed by atoms with Crippen LogP contribution in [0.2, 0.25) is 10.0 Å². The molecule has 0 spiro atoms. The molecule has 5 rings (SSSR count). The van der Waals surface area contributed by atoms with Gasteiger partial charge in [-0.25, -0.2) is 9.07 Å². The van der Waals surface area contributed by atoms with Gasteiger partial charge in [-0.1, -0.05) is 53.5 Å². The van der Waals surface area contributed by atoms with E-state index in [2.05, 4.69) is 0 Å². The summed E-state index contributed by atoms with van der Waals surface area (Å²) in [6.07, 6.45) is 0. The fraction of sp³-hybridized carbons (Fsp3) is 0.154. The van der Waals surface area contributed by atoms with E-state index in [4.69, 9.17) is 28.3 Å². The molecule has 1 saturated heterocycles. The smallest absolute Gasteiger partial charge is 0.272 e. The van der Waals surface area contributed by atoms with Crippen molar-refractivity contribution in [1.82, 2.24) is 14.7 Å². The van der Waals surface area contributed by atoms with Gasteiger partial charge in [-0.3, -0.25) is 4.79 Å². The number of piperazine rings is 1. The number of hydrogen-bond acceptors (Lipinski definition) is 3. The van der Waals surface area contributed by atoms with Crippen LogP contribution < -0.4 is 4.90 Å². The molecule has 0 bridgehead atoms. The van der Waals surface area contributed by atoms with Crippen LogP contribution >= 0.6 is 23.2 Å². The Hall–Kier alpha value is -3.35. The first kappa shape index (κ1) is 22.4. The maximum atomic E-state index is 14.2. The van der Waals surface area contributed by atoms with Crippen LogP contribution in [0, 0.1) is 5.82 Å². The third-order valence-corrected chi connectivity index (χ3v) is 6.49. The molecule has 1 amide bonds. The zero-order valence-corrected chi connectivity index (χ0v) is 19.7. The minimum Gasteiger partial charge on any atom is -0.366 e. The molecule has 1 fully saturated rings. The summed E-state index contributed by atoms with van der Waals surface area (Å²) in [4.78, 5) is 17.4. The maximum absolute atomic E-state index is 14.2. The highest BCUT2D eigenvalue weighted by molar-refractivity contribution is 6.33. The lowest BCUT2D eigenvalue weighted by molar-refractivity contribution is 0.0737. The highest BCUT2D eigenvalue weighted by Crippen LogP contribution is 2.29. The van der Waals surface area contributed by atoms with Crippen molar-refractivity contribution >= 4 is 34.8 Å². The summed E-state index contributed by atoms with van der Waals surface area (Å²) in [6.45, 7) is 2.03. The maximum Gasteiger partial charge on any atom is 0.272 e. The summed E-state index contributed by atoms with van der Waals surface area (Å²) in [5, 5.41) is 5.87. The molecule has 1 aliphatic heterocycles. The first-order chi connectivity index (χ1) is 16.5. The van der Waals surface area contributed by atoms with Gasteiger partial charge in [0, 0.05) is 36.8 Å². The van der Waals surface area contributed by atoms with E-state index in [1.165, 1.54) is 6.07 Å². The molecule has 34 heavy (non-hydrogen) atoms. The second-order valence-corrected chi connectivity index (χ2v) is 8.86. The predicted molar refractivity (Wildman–Crippen MR) is 134 cm³/mol. The van der Waals surface area contributed by atoms with Crippen molar-refractivity contribution in [3.05, 3.63) is 100 Å². The van der Waals surface area contributed by atoms with Crippen molar-refractivity contribution in [2.45, 2.75) is 0 Å². The number of hydrogen-bond donors (Lipinski definition) is 0. The Morgan fingerprint density at radius 2 is 1.53 bits per heavy atom. The summed E-state index contributed by atoms with van der Waals surface area (Å²) in [5.74, 6) is -0.401. The van der Waals surface area contributed by atoms with Gasteiger partial charge in [0.1, 0.15) is 11.5 Å². The van der Waals surface area contributed by atoms with Crippen molar-refractivity contribution in [3.63, 3.8) is 0 Å². The molecule has 5 nitrogen and oxygen atoms in total. The van der Waals surface area contributed by atoms with Crippen LogP contribution in [0.4, 0.5) is 10.1 Å². The number of aromatic nitrogens is 2. The average molecular weight is 495 g/mol. The van der Waals surface area contributed by atoms with Gasteiger partial charge in [0.25, 0.3) is 5.91 Å². The summed E-state index contributed by atoms with van der Waals surface area (Å²) >= 11 is 12.5. The van der Waals surface area contributed by atoms with E-state index in [0.29, 0.717) is 53.3 Å². The molecule has 0 radical (unpaired) electrons. The molecule has 0 aliphatic carbocycles. The van der Waals surface area contributed by atoms with E-state index in [9.17, 15) is 9.18 Å². The van der Waals surface area contributed by atoms with Crippen molar-refractivity contribution < 1.29 is 9.18 Å². The van der Waals surface area contributed by atoms with Gasteiger partial charge < -0.3 is 9.80 Å². The lowest BCUT2D eigenvalue weighted by Gasteiger charge is -2.36. The Bertz CT molecular complexity index is 1330. The third kappa shape index (κ3) is 4.39. The fourth-order valence-electron chi connectivity index (χ4n) is 4.13. The van der Waals surface area contributed by atoms with Gasteiger partial charge in [-0.15, -0.1) is 0 Å². The van der Waals surface area contributed by atoms with Gasteiger partial charge in [-0.05, 0) is 48.5 Å². The van der Waals surface area contributed by atoms with Crippen molar-refractivity contribution in [3.8, 4) is 16.9 Å². The molecule has 4 aromatic rings. The van der Waals surface area contributed by atoms with Gasteiger partial charge in [0.05, 0.1) is 22.1 Å². The Labute approximate surface area is 206 Å². The summed E-state index contributed by atoms with van der Waals surface area (Å²) in [5.41, 5.74) is 3.05. The molecular weight excluding hydrogens is 474 g/mol. The molecular formula is C26H21Cl2FN4O. The lowest BCUT2D eigenvalue weighted by Crippen LogP contribution is -2.49. The van der Waals surface area contributed by atoms with Crippen molar-refractivity contribution in [2.24, 2.45) is 0 Å². The third-order valence-electron chi connectivity index (χ3n) is 5.91. The molecule has 3 aromatic carbocycles. The summed E-state index contributed by atoms with van der Waals surface area (Å²) in [7, 11) is 0. The van der Waals surface area contributed by atoms with Crippen LogP contribution in [-0.2, 0) is 0 Å². The number of nitrogens with zero attached hydrogens (tertiary/aromatic N) is 4. The SMILES string of the molecule is O=C(c1cc(-c2ccccc2Cl)nn1-c1ccc(Cl)cc1)N1CCN(c2ccccc2F)CC1. The van der Waals surface area contributed by atoms with E-state index >= 15 is 0 Å². The van der Waals surface area contributed by atoms with Gasteiger partial charge in [-0.2, -0.15) is 5.10 Å². The lowest BCUT2D eigenvalue weighted by atomic mass is 10.1. The first-order valence-electron chi connectivity index (χ1n) is 10.9. The normalized spacial score (nSPS) is 13.9. The van der Waals surface area contributed by atoms with Crippen LogP contribution in [0.1, 0.15) is 10.5 Å². The second kappa shape index (κ2) is 9.49. The largest absolute Gasteiger partial charge is 0.366 e. The van der Waals surface area contributed by atoms with Gasteiger partial charge in [0.15, 0.2) is 0 Å². The topological polar surface area (TPSA) is 41.4 Å². The van der Waals surface area contributed by atoms with E-state index in [0.717, 1.165) is 11.3 Å². The standard InChI is InChI=1S/C26H21Cl2FN4O/c27-18-9-11-19(12-10-18)33-25(17-23(30-33)20-5-1-2-6-21(20)28)26(34)32-15-13-31(14-16-32)24-8-4-3-7-22(24)29/h1-12,17H,13-16H2. The summed E-state index contributed by atoms with van der Waals surface area (Å²) < 4.78 is 15.8. The van der Waals surface area contributed by atoms with Crippen LogP contribution in [0.25, 0.3) is 16.9 Å². The Kier molecular flexibility index (Phi) is 6.26. The molecule has 2 heterocycles. The highest BCUT2D eigenvalue weighted by atomic mass is 35.5. The quantitative estimate of drug-likeness (QED) is 0.352. The number of carbonyl (C=O) groups is 1. The molecule has 8 heteroatoms. The number of benzene rings is 3. The molecule has 0 unspecified atom stereocenters. The van der Waals surface area contributed by atoms with Crippen LogP contribution in [0.5, 0.6) is 0 Å². The Balaban J connectivity index is 1.45. The number of amides is 1. The molecule has 0 N–H and O–H groups in total. The van der Waals surface area contributed by atoms with Crippen molar-refractivity contribution in [2.75, 3.05) is 31.1 Å². The first-order valence-corrected chi connectivity index (χ1v) is 11.7. The zero-order valence-electron chi connectivity index (χ0n) is 18.2. The van der Waals surface area contributed by atoms with Crippen LogP contribution in [0.15, 0.2) is 78.9 Å². The minimum absolute atomic E-state index is 0.145. The number of rotatable bonds is 4. The van der Waals surface area contributed by atoms with Crippen molar-refractivity contribution in [1.29, 1.82) is 0 Å². The fourth-order valence-corrected chi connectivity index (χ4v) is 4.49. The summed E-state index contributed by atoms with van der Waals surface area (Å²) in [6, 6.07) is 23.0. The molecule has 1 aromatic heterocycles. The molecule has 1 aliphatic rings. The second-order valence-electron chi connectivity index (χ2n) is 8.01. The van der Waals surface area contributed by atoms with Gasteiger partial charge >= 0.3 is 0 Å². The van der Waals surface area contributed by atoms with E-state index in [-0.39, 0.29) is 11.7 Å². The molecule has 0 saturated carbocycles. The van der Waals surface area contributed by atoms with Gasteiger partial charge in [0.2, 0.25) is 0 Å². The van der Waals surface area contributed by atoms with E-state index in [1.54, 1.807) is 46.0 Å². The number of para-hydroxylation sites is 1. The molecule has 0 atom stereocenters. The van der Waals surface area contributed by atoms with Crippen LogP contribution in [-0.4, -0.2) is 46.8 Å². The Morgan fingerprint density at radius 1 is 0.853 bits per heavy atom. The zero-order chi connectivity index (χ0) is 23.7. The number of carbonyl (C=O) groups excluding carboxylic acids is 1. The predicted octanol–water partition coefficient (Wildman–Crippen LogP) is 5.95. The van der Waals surface area contributed by atoms with Crippen LogP contribution in [0.3, 0.4) is 0 Å².